The Bertz CT molecular complexity index is 608. The lowest BCUT2D eigenvalue weighted by molar-refractivity contribution is 0.322. The summed E-state index contributed by atoms with van der Waals surface area (Å²) in [5.41, 5.74) is 4.25. The average Bonchev–Trinajstić information content (AvgIpc) is 3.02. The number of alkyl halides is 1. The van der Waals surface area contributed by atoms with E-state index in [0.717, 1.165) is 19.5 Å². The second kappa shape index (κ2) is 8.69. The van der Waals surface area contributed by atoms with Gasteiger partial charge in [-0.05, 0) is 56.0 Å². The van der Waals surface area contributed by atoms with Gasteiger partial charge in [-0.3, -0.25) is 0 Å². The van der Waals surface area contributed by atoms with Gasteiger partial charge in [0, 0.05) is 17.8 Å². The van der Waals surface area contributed by atoms with Crippen molar-refractivity contribution in [2.75, 3.05) is 13.6 Å². The van der Waals surface area contributed by atoms with Gasteiger partial charge in [-0.15, -0.1) is 11.6 Å². The molecular formula is C22H28ClN. The maximum Gasteiger partial charge on any atom is 0.0404 e. The average molecular weight is 342 g/mol. The molecule has 2 unspecified atom stereocenters. The normalized spacial score (nSPS) is 20.6. The number of hydrogen-bond acceptors (Lipinski definition) is 1. The van der Waals surface area contributed by atoms with Crippen molar-refractivity contribution in [2.24, 2.45) is 0 Å². The third kappa shape index (κ3) is 4.84. The van der Waals surface area contributed by atoms with Crippen LogP contribution >= 0.6 is 11.6 Å². The minimum absolute atomic E-state index is 0.336. The van der Waals surface area contributed by atoms with E-state index < -0.39 is 0 Å². The molecule has 0 aromatic heterocycles. The molecule has 0 bridgehead atoms. The number of halogens is 1. The van der Waals surface area contributed by atoms with Crippen LogP contribution in [0.5, 0.6) is 0 Å². The van der Waals surface area contributed by atoms with Gasteiger partial charge in [0.2, 0.25) is 0 Å². The number of nitrogens with zero attached hydrogens (tertiary/aromatic N) is 1. The highest BCUT2D eigenvalue weighted by atomic mass is 35.5. The molecule has 1 aliphatic carbocycles. The Morgan fingerprint density at radius 1 is 0.958 bits per heavy atom. The van der Waals surface area contributed by atoms with Crippen molar-refractivity contribution in [3.63, 3.8) is 0 Å². The van der Waals surface area contributed by atoms with E-state index in [2.05, 4.69) is 66.5 Å². The van der Waals surface area contributed by atoms with Crippen LogP contribution in [0.2, 0.25) is 0 Å². The van der Waals surface area contributed by atoms with Crippen molar-refractivity contribution in [3.05, 3.63) is 71.3 Å². The van der Waals surface area contributed by atoms with Crippen LogP contribution in [0, 0.1) is 0 Å². The van der Waals surface area contributed by atoms with Crippen molar-refractivity contribution in [2.45, 2.75) is 49.9 Å². The first kappa shape index (κ1) is 17.5. The largest absolute Gasteiger partial charge is 0.302 e. The summed E-state index contributed by atoms with van der Waals surface area (Å²) in [5, 5.41) is 0.336. The summed E-state index contributed by atoms with van der Waals surface area (Å²) >= 11 is 6.43. The molecule has 2 aromatic carbocycles. The maximum absolute atomic E-state index is 6.43. The van der Waals surface area contributed by atoms with Gasteiger partial charge in [-0.1, -0.05) is 61.0 Å². The predicted molar refractivity (Wildman–Crippen MR) is 104 cm³/mol. The van der Waals surface area contributed by atoms with E-state index in [0.29, 0.717) is 11.3 Å². The Balaban J connectivity index is 1.43. The van der Waals surface area contributed by atoms with E-state index in [9.17, 15) is 0 Å². The van der Waals surface area contributed by atoms with Crippen LogP contribution in [0.1, 0.15) is 48.3 Å². The van der Waals surface area contributed by atoms with Crippen molar-refractivity contribution >= 4 is 11.6 Å². The van der Waals surface area contributed by atoms with E-state index in [-0.39, 0.29) is 0 Å². The third-order valence-electron chi connectivity index (χ3n) is 5.14. The monoisotopic (exact) mass is 341 g/mol. The van der Waals surface area contributed by atoms with Crippen LogP contribution in [0.15, 0.2) is 54.6 Å². The molecule has 0 amide bonds. The van der Waals surface area contributed by atoms with Gasteiger partial charge in [-0.25, -0.2) is 0 Å². The first-order chi connectivity index (χ1) is 11.7. The number of benzene rings is 2. The molecule has 1 saturated carbocycles. The molecular weight excluding hydrogens is 314 g/mol. The first-order valence-electron chi connectivity index (χ1n) is 9.18. The molecule has 2 aromatic rings. The Hall–Kier alpha value is -1.31. The van der Waals surface area contributed by atoms with E-state index in [1.54, 1.807) is 0 Å². The van der Waals surface area contributed by atoms with E-state index >= 15 is 0 Å². The summed E-state index contributed by atoms with van der Waals surface area (Å²) in [7, 11) is 2.21. The van der Waals surface area contributed by atoms with Gasteiger partial charge < -0.3 is 4.90 Å². The minimum atomic E-state index is 0.336. The lowest BCUT2D eigenvalue weighted by Crippen LogP contribution is -2.19. The zero-order chi connectivity index (χ0) is 16.8. The highest BCUT2D eigenvalue weighted by Gasteiger charge is 2.26. The fraction of sp³-hybridized carbons (Fsp3) is 0.455. The summed E-state index contributed by atoms with van der Waals surface area (Å²) in [6.07, 6.45) is 6.03. The third-order valence-corrected chi connectivity index (χ3v) is 5.66. The summed E-state index contributed by atoms with van der Waals surface area (Å²) in [5.74, 6) is 0.567. The molecule has 1 fully saturated rings. The Morgan fingerprint density at radius 2 is 1.71 bits per heavy atom. The molecule has 0 N–H and O–H groups in total. The van der Waals surface area contributed by atoms with E-state index in [1.807, 2.05) is 0 Å². The first-order valence-corrected chi connectivity index (χ1v) is 9.61. The van der Waals surface area contributed by atoms with Gasteiger partial charge in [0.1, 0.15) is 0 Å². The standard InChI is InChI=1S/C22H28ClN/c1-24(17-19-7-3-2-4-8-19)16-6-9-18-12-14-20(15-13-18)21-10-5-11-22(21)23/h2-4,7-8,12-15,21-22H,5-6,9-11,16-17H2,1H3. The highest BCUT2D eigenvalue weighted by Crippen LogP contribution is 2.38. The highest BCUT2D eigenvalue weighted by molar-refractivity contribution is 6.21. The maximum atomic E-state index is 6.43. The zero-order valence-corrected chi connectivity index (χ0v) is 15.4. The molecule has 0 heterocycles. The molecule has 2 atom stereocenters. The Kier molecular flexibility index (Phi) is 6.34. The van der Waals surface area contributed by atoms with Crippen LogP contribution < -0.4 is 0 Å². The van der Waals surface area contributed by atoms with Crippen molar-refractivity contribution in [3.8, 4) is 0 Å². The summed E-state index contributed by atoms with van der Waals surface area (Å²) < 4.78 is 0. The van der Waals surface area contributed by atoms with Gasteiger partial charge in [0.05, 0.1) is 0 Å². The summed E-state index contributed by atoms with van der Waals surface area (Å²) in [4.78, 5) is 2.40. The van der Waals surface area contributed by atoms with Crippen molar-refractivity contribution in [1.29, 1.82) is 0 Å². The smallest absolute Gasteiger partial charge is 0.0404 e. The SMILES string of the molecule is CN(CCCc1ccc(C2CCCC2Cl)cc1)Cc1ccccc1. The van der Waals surface area contributed by atoms with Gasteiger partial charge in [0.15, 0.2) is 0 Å². The van der Waals surface area contributed by atoms with Gasteiger partial charge >= 0.3 is 0 Å². The fourth-order valence-corrected chi connectivity index (χ4v) is 4.17. The molecule has 0 spiro atoms. The van der Waals surface area contributed by atoms with Crippen molar-refractivity contribution < 1.29 is 0 Å². The van der Waals surface area contributed by atoms with E-state index in [4.69, 9.17) is 11.6 Å². The van der Waals surface area contributed by atoms with Crippen LogP contribution in [0.3, 0.4) is 0 Å². The second-order valence-electron chi connectivity index (χ2n) is 7.12. The molecule has 24 heavy (non-hydrogen) atoms. The predicted octanol–water partition coefficient (Wildman–Crippen LogP) is 5.63. The molecule has 3 rings (SSSR count). The molecule has 1 nitrogen and oxygen atoms in total. The Labute approximate surface area is 151 Å². The van der Waals surface area contributed by atoms with E-state index in [1.165, 1.54) is 42.4 Å². The quantitative estimate of drug-likeness (QED) is 0.590. The van der Waals surface area contributed by atoms with Crippen LogP contribution in [0.25, 0.3) is 0 Å². The summed E-state index contributed by atoms with van der Waals surface area (Å²) in [6, 6.07) is 19.9. The van der Waals surface area contributed by atoms with Crippen LogP contribution in [-0.2, 0) is 13.0 Å². The lowest BCUT2D eigenvalue weighted by atomic mass is 9.95. The Morgan fingerprint density at radius 3 is 2.38 bits per heavy atom. The molecule has 0 saturated heterocycles. The zero-order valence-electron chi connectivity index (χ0n) is 14.6. The number of hydrogen-bond donors (Lipinski definition) is 0. The molecule has 1 aliphatic rings. The molecule has 0 radical (unpaired) electrons. The molecule has 2 heteroatoms. The van der Waals surface area contributed by atoms with Gasteiger partial charge in [0.25, 0.3) is 0 Å². The summed E-state index contributed by atoms with van der Waals surface area (Å²) in [6.45, 7) is 2.15. The number of rotatable bonds is 7. The number of aryl methyl sites for hydroxylation is 1. The topological polar surface area (TPSA) is 3.24 Å². The lowest BCUT2D eigenvalue weighted by Gasteiger charge is -2.17. The molecule has 128 valence electrons. The van der Waals surface area contributed by atoms with Crippen molar-refractivity contribution in [1.82, 2.24) is 4.90 Å². The van der Waals surface area contributed by atoms with Gasteiger partial charge in [-0.2, -0.15) is 0 Å². The minimum Gasteiger partial charge on any atom is -0.302 e. The van der Waals surface area contributed by atoms with Crippen LogP contribution in [0.4, 0.5) is 0 Å². The van der Waals surface area contributed by atoms with Crippen LogP contribution in [-0.4, -0.2) is 23.9 Å². The fourth-order valence-electron chi connectivity index (χ4n) is 3.75. The second-order valence-corrected chi connectivity index (χ2v) is 7.68. The molecule has 0 aliphatic heterocycles.